The van der Waals surface area contributed by atoms with E-state index in [-0.39, 0.29) is 11.8 Å². The number of anilines is 1. The Morgan fingerprint density at radius 2 is 2.14 bits per heavy atom. The first-order valence-electron chi connectivity index (χ1n) is 7.14. The summed E-state index contributed by atoms with van der Waals surface area (Å²) in [6.07, 6.45) is 4.01. The molecule has 5 heteroatoms. The summed E-state index contributed by atoms with van der Waals surface area (Å²) >= 11 is 0.734. The molecular weight excluding hydrogens is 467 g/mol. The first-order chi connectivity index (χ1) is 10.5. The van der Waals surface area contributed by atoms with Crippen LogP contribution in [0.15, 0.2) is 48.9 Å². The van der Waals surface area contributed by atoms with Gasteiger partial charge in [-0.2, -0.15) is 0 Å². The molecule has 1 unspecified atom stereocenters. The Kier molecular flexibility index (Phi) is 4.28. The van der Waals surface area contributed by atoms with Crippen molar-refractivity contribution in [1.29, 1.82) is 0 Å². The van der Waals surface area contributed by atoms with Crippen LogP contribution in [-0.4, -0.2) is 39.3 Å². The van der Waals surface area contributed by atoms with Gasteiger partial charge >= 0.3 is 146 Å². The summed E-state index contributed by atoms with van der Waals surface area (Å²) < 4.78 is 2.12. The van der Waals surface area contributed by atoms with E-state index in [4.69, 9.17) is 0 Å². The predicted octanol–water partition coefficient (Wildman–Crippen LogP) is 3.08. The topological polar surface area (TPSA) is 46.9 Å². The number of nitrogens with one attached hydrogen (secondary N) is 1. The molecule has 3 rings (SSSR count). The number of carbonyl (C=O) groups is 1. The molecule has 4 nitrogen and oxygen atoms in total. The third-order valence-electron chi connectivity index (χ3n) is 3.77. The van der Waals surface area contributed by atoms with E-state index < -0.39 is 0 Å². The Bertz CT molecular complexity index is 841. The average Bonchev–Trinajstić information content (AvgIpc) is 2.92. The van der Waals surface area contributed by atoms with Crippen LogP contribution in [0.1, 0.15) is 31.0 Å². The van der Waals surface area contributed by atoms with Gasteiger partial charge in [-0.3, -0.25) is 0 Å². The molecule has 0 aliphatic heterocycles. The molecule has 1 atom stereocenters. The number of fused-ring (bicyclic) bond motifs is 1. The molecular formula is C17H16N3OTl. The van der Waals surface area contributed by atoms with Crippen molar-refractivity contribution in [1.82, 2.24) is 7.36 Å². The Balaban J connectivity index is 2.09. The number of benzene rings is 2. The molecule has 1 amide bonds. The number of aromatic nitrogens is 2. The fourth-order valence-electron chi connectivity index (χ4n) is 2.69. The summed E-state index contributed by atoms with van der Waals surface area (Å²) in [6.45, 7) is 3.70. The van der Waals surface area contributed by atoms with Crippen molar-refractivity contribution < 1.29 is 4.79 Å². The number of hydrogen-bond acceptors (Lipinski definition) is 2. The molecule has 0 aliphatic carbocycles. The van der Waals surface area contributed by atoms with Gasteiger partial charge in [-0.25, -0.2) is 0 Å². The van der Waals surface area contributed by atoms with Crippen LogP contribution in [0.3, 0.4) is 0 Å². The SMILES string of the molecule is CC(=O)Nc1ccc2cccc(C(C)c3c[n]([Tl])cn3)c2c1. The molecule has 0 radical (unpaired) electrons. The quantitative estimate of drug-likeness (QED) is 0.584. The van der Waals surface area contributed by atoms with Crippen LogP contribution in [0.5, 0.6) is 0 Å². The molecule has 0 fully saturated rings. The van der Waals surface area contributed by atoms with Gasteiger partial charge in [-0.15, -0.1) is 0 Å². The number of nitrogens with zero attached hydrogens (tertiary/aromatic N) is 2. The van der Waals surface area contributed by atoms with E-state index in [2.05, 4.69) is 44.0 Å². The summed E-state index contributed by atoms with van der Waals surface area (Å²) in [5.41, 5.74) is 3.14. The molecule has 1 heterocycles. The molecule has 0 bridgehead atoms. The minimum atomic E-state index is -0.0550. The molecule has 0 aliphatic rings. The summed E-state index contributed by atoms with van der Waals surface area (Å²) in [6, 6.07) is 12.3. The van der Waals surface area contributed by atoms with Crippen molar-refractivity contribution in [2.24, 2.45) is 0 Å². The standard InChI is InChI=1S/C17H17N3O.Tl/c1-11(17-9-18-10-19-17)15-5-3-4-13-6-7-14(8-16(13)15)20-12(2)21;/h3-11H,1-2H3,(H2,18,19,20,21);/q;+1/p-1. The molecule has 1 aromatic heterocycles. The zero-order chi connectivity index (χ0) is 15.7. The zero-order valence-electron chi connectivity index (χ0n) is 12.6. The van der Waals surface area contributed by atoms with E-state index in [0.29, 0.717) is 0 Å². The van der Waals surface area contributed by atoms with E-state index in [1.165, 1.54) is 17.9 Å². The second kappa shape index (κ2) is 6.20. The summed E-state index contributed by atoms with van der Waals surface area (Å²) in [7, 11) is 0. The van der Waals surface area contributed by atoms with E-state index in [1.54, 1.807) is 0 Å². The Morgan fingerprint density at radius 3 is 2.82 bits per heavy atom. The van der Waals surface area contributed by atoms with E-state index in [1.807, 2.05) is 24.5 Å². The van der Waals surface area contributed by atoms with Gasteiger partial charge < -0.3 is 0 Å². The van der Waals surface area contributed by atoms with Crippen molar-refractivity contribution in [3.8, 4) is 0 Å². The molecule has 2 aromatic carbocycles. The fraction of sp³-hybridized carbons (Fsp3) is 0.176. The average molecular weight is 483 g/mol. The molecule has 22 heavy (non-hydrogen) atoms. The van der Waals surface area contributed by atoms with Crippen LogP contribution in [0.2, 0.25) is 0 Å². The van der Waals surface area contributed by atoms with Crippen LogP contribution in [-0.2, 0) is 4.79 Å². The zero-order valence-corrected chi connectivity index (χ0v) is 17.1. The number of rotatable bonds is 3. The number of carbonyl (C=O) groups excluding carboxylic acids is 1. The van der Waals surface area contributed by atoms with Crippen molar-refractivity contribution in [3.63, 3.8) is 0 Å². The normalized spacial score (nSPS) is 12.2. The van der Waals surface area contributed by atoms with Gasteiger partial charge in [0.1, 0.15) is 0 Å². The number of imidazole rings is 1. The van der Waals surface area contributed by atoms with Gasteiger partial charge in [0.25, 0.3) is 0 Å². The number of hydrogen-bond donors (Lipinski definition) is 1. The van der Waals surface area contributed by atoms with Gasteiger partial charge in [-0.1, -0.05) is 0 Å². The summed E-state index contributed by atoms with van der Waals surface area (Å²) in [5, 5.41) is 5.19. The van der Waals surface area contributed by atoms with Crippen molar-refractivity contribution in [2.75, 3.05) is 5.32 Å². The second-order valence-electron chi connectivity index (χ2n) is 5.43. The van der Waals surface area contributed by atoms with E-state index >= 15 is 0 Å². The minimum absolute atomic E-state index is 0.0550. The van der Waals surface area contributed by atoms with E-state index in [9.17, 15) is 4.79 Å². The van der Waals surface area contributed by atoms with Gasteiger partial charge in [0, 0.05) is 0 Å². The van der Waals surface area contributed by atoms with E-state index in [0.717, 1.165) is 42.8 Å². The Labute approximate surface area is 145 Å². The van der Waals surface area contributed by atoms with Crippen LogP contribution in [0.4, 0.5) is 5.69 Å². The number of amides is 1. The first kappa shape index (κ1) is 15.2. The molecule has 0 spiro atoms. The van der Waals surface area contributed by atoms with Crippen LogP contribution < -0.4 is 5.32 Å². The Hall–Kier alpha value is -1.70. The van der Waals surface area contributed by atoms with Crippen molar-refractivity contribution >= 4 is 48.4 Å². The van der Waals surface area contributed by atoms with Gasteiger partial charge in [-0.05, 0) is 0 Å². The van der Waals surface area contributed by atoms with Gasteiger partial charge in [0.2, 0.25) is 0 Å². The molecule has 108 valence electrons. The monoisotopic (exact) mass is 483 g/mol. The Morgan fingerprint density at radius 1 is 1.32 bits per heavy atom. The van der Waals surface area contributed by atoms with Crippen LogP contribution >= 0.6 is 0 Å². The molecule has 3 aromatic rings. The van der Waals surface area contributed by atoms with Gasteiger partial charge in [0.05, 0.1) is 0 Å². The molecule has 0 saturated carbocycles. The van der Waals surface area contributed by atoms with Crippen molar-refractivity contribution in [3.05, 3.63) is 60.2 Å². The molecule has 1 N–H and O–H groups in total. The second-order valence-corrected chi connectivity index (χ2v) is 7.75. The van der Waals surface area contributed by atoms with Gasteiger partial charge in [0.15, 0.2) is 0 Å². The molecule has 0 saturated heterocycles. The van der Waals surface area contributed by atoms with Crippen LogP contribution in [0, 0.1) is 0 Å². The fourth-order valence-corrected chi connectivity index (χ4v) is 3.54. The summed E-state index contributed by atoms with van der Waals surface area (Å²) in [4.78, 5) is 15.8. The maximum atomic E-state index is 11.3. The summed E-state index contributed by atoms with van der Waals surface area (Å²) in [5.74, 6) is 0.164. The predicted molar refractivity (Wildman–Crippen MR) is 89.1 cm³/mol. The first-order valence-corrected chi connectivity index (χ1v) is 9.14. The third kappa shape index (κ3) is 3.06. The van der Waals surface area contributed by atoms with Crippen molar-refractivity contribution in [2.45, 2.75) is 19.8 Å². The maximum absolute atomic E-state index is 11.3. The third-order valence-corrected chi connectivity index (χ3v) is 4.87. The van der Waals surface area contributed by atoms with Crippen LogP contribution in [0.25, 0.3) is 10.8 Å².